The molecule has 122 valence electrons. The molecule has 4 nitrogen and oxygen atoms in total. The van der Waals surface area contributed by atoms with Gasteiger partial charge < -0.3 is 14.4 Å². The van der Waals surface area contributed by atoms with E-state index in [1.54, 1.807) is 48.3 Å². The van der Waals surface area contributed by atoms with Gasteiger partial charge in [-0.25, -0.2) is 9.18 Å². The van der Waals surface area contributed by atoms with Crippen LogP contribution in [0.4, 0.5) is 4.39 Å². The molecule has 5 heteroatoms. The average molecular weight is 325 g/mol. The number of halogens is 1. The number of rotatable bonds is 5. The standard InChI is InChI=1S/C19H16FNO3/c1-24-16-8-4-14(5-9-16)17-11-21(12-18(17)19(22)23)10-13-2-6-15(20)7-3-13/h2-9,11-12H,10H2,1H3,(H,22,23). The molecular formula is C19H16FNO3. The number of hydrogen-bond donors (Lipinski definition) is 1. The second-order valence-electron chi connectivity index (χ2n) is 5.42. The summed E-state index contributed by atoms with van der Waals surface area (Å²) in [6, 6.07) is 13.4. The van der Waals surface area contributed by atoms with E-state index >= 15 is 0 Å². The lowest BCUT2D eigenvalue weighted by atomic mass is 10.0. The Bertz CT molecular complexity index is 851. The smallest absolute Gasteiger partial charge is 0.337 e. The van der Waals surface area contributed by atoms with Crippen LogP contribution in [-0.2, 0) is 6.54 Å². The Morgan fingerprint density at radius 1 is 1.08 bits per heavy atom. The molecule has 0 radical (unpaired) electrons. The van der Waals surface area contributed by atoms with E-state index in [1.165, 1.54) is 12.1 Å². The van der Waals surface area contributed by atoms with E-state index in [-0.39, 0.29) is 11.4 Å². The van der Waals surface area contributed by atoms with Crippen molar-refractivity contribution in [1.29, 1.82) is 0 Å². The van der Waals surface area contributed by atoms with Crippen molar-refractivity contribution in [2.45, 2.75) is 6.54 Å². The summed E-state index contributed by atoms with van der Waals surface area (Å²) in [5.41, 5.74) is 2.55. The first-order chi connectivity index (χ1) is 11.6. The Labute approximate surface area is 138 Å². The molecule has 0 aliphatic heterocycles. The van der Waals surface area contributed by atoms with Crippen molar-refractivity contribution in [2.24, 2.45) is 0 Å². The van der Waals surface area contributed by atoms with Gasteiger partial charge in [0.25, 0.3) is 0 Å². The van der Waals surface area contributed by atoms with Crippen LogP contribution in [0.15, 0.2) is 60.9 Å². The summed E-state index contributed by atoms with van der Waals surface area (Å²) in [6.07, 6.45) is 3.37. The van der Waals surface area contributed by atoms with Crippen molar-refractivity contribution in [2.75, 3.05) is 7.11 Å². The highest BCUT2D eigenvalue weighted by atomic mass is 19.1. The van der Waals surface area contributed by atoms with Gasteiger partial charge in [0.15, 0.2) is 0 Å². The normalized spacial score (nSPS) is 10.6. The zero-order valence-electron chi connectivity index (χ0n) is 13.1. The van der Waals surface area contributed by atoms with Crippen molar-refractivity contribution in [3.63, 3.8) is 0 Å². The predicted octanol–water partition coefficient (Wildman–Crippen LogP) is 4.05. The molecule has 1 N–H and O–H groups in total. The number of aromatic carboxylic acids is 1. The Kier molecular flexibility index (Phi) is 4.33. The van der Waals surface area contributed by atoms with Crippen LogP contribution < -0.4 is 4.74 Å². The summed E-state index contributed by atoms with van der Waals surface area (Å²) in [5, 5.41) is 9.46. The molecule has 0 unspecified atom stereocenters. The summed E-state index contributed by atoms with van der Waals surface area (Å²) < 4.78 is 19.9. The van der Waals surface area contributed by atoms with Crippen LogP contribution >= 0.6 is 0 Å². The number of benzene rings is 2. The lowest BCUT2D eigenvalue weighted by Gasteiger charge is -2.04. The van der Waals surface area contributed by atoms with Crippen molar-refractivity contribution in [3.05, 3.63) is 77.9 Å². The SMILES string of the molecule is COc1ccc(-c2cn(Cc3ccc(F)cc3)cc2C(=O)O)cc1. The summed E-state index contributed by atoms with van der Waals surface area (Å²) in [4.78, 5) is 11.5. The Balaban J connectivity index is 1.95. The number of carboxylic acid groups (broad SMARTS) is 1. The van der Waals surface area contributed by atoms with E-state index in [0.717, 1.165) is 11.1 Å². The fourth-order valence-corrected chi connectivity index (χ4v) is 2.57. The third-order valence-electron chi connectivity index (χ3n) is 3.79. The van der Waals surface area contributed by atoms with Gasteiger partial charge in [0.1, 0.15) is 11.6 Å². The molecule has 0 atom stereocenters. The van der Waals surface area contributed by atoms with Crippen LogP contribution in [0, 0.1) is 5.82 Å². The van der Waals surface area contributed by atoms with Crippen LogP contribution in [0.2, 0.25) is 0 Å². The predicted molar refractivity (Wildman–Crippen MR) is 88.9 cm³/mol. The van der Waals surface area contributed by atoms with Crippen molar-refractivity contribution < 1.29 is 19.0 Å². The largest absolute Gasteiger partial charge is 0.497 e. The maximum Gasteiger partial charge on any atom is 0.337 e. The van der Waals surface area contributed by atoms with Crippen LogP contribution in [-0.4, -0.2) is 22.8 Å². The number of hydrogen-bond acceptors (Lipinski definition) is 2. The van der Waals surface area contributed by atoms with E-state index < -0.39 is 5.97 Å². The summed E-state index contributed by atoms with van der Waals surface area (Å²) in [6.45, 7) is 0.469. The highest BCUT2D eigenvalue weighted by Crippen LogP contribution is 2.27. The first-order valence-electron chi connectivity index (χ1n) is 7.39. The van der Waals surface area contributed by atoms with Crippen LogP contribution in [0.3, 0.4) is 0 Å². The van der Waals surface area contributed by atoms with Gasteiger partial charge in [0.2, 0.25) is 0 Å². The third kappa shape index (κ3) is 3.30. The summed E-state index contributed by atoms with van der Waals surface area (Å²) >= 11 is 0. The van der Waals surface area contributed by atoms with Crippen LogP contribution in [0.25, 0.3) is 11.1 Å². The monoisotopic (exact) mass is 325 g/mol. The molecule has 0 saturated heterocycles. The van der Waals surface area contributed by atoms with Gasteiger partial charge in [-0.15, -0.1) is 0 Å². The number of nitrogens with zero attached hydrogens (tertiary/aromatic N) is 1. The van der Waals surface area contributed by atoms with E-state index in [1.807, 2.05) is 12.1 Å². The van der Waals surface area contributed by atoms with Crippen molar-refractivity contribution in [1.82, 2.24) is 4.57 Å². The molecule has 0 spiro atoms. The fourth-order valence-electron chi connectivity index (χ4n) is 2.57. The van der Waals surface area contributed by atoms with E-state index in [2.05, 4.69) is 0 Å². The van der Waals surface area contributed by atoms with Gasteiger partial charge in [0, 0.05) is 24.5 Å². The zero-order valence-corrected chi connectivity index (χ0v) is 13.1. The van der Waals surface area contributed by atoms with E-state index in [0.29, 0.717) is 17.9 Å². The molecule has 24 heavy (non-hydrogen) atoms. The van der Waals surface area contributed by atoms with Crippen LogP contribution in [0.5, 0.6) is 5.75 Å². The van der Waals surface area contributed by atoms with Crippen LogP contribution in [0.1, 0.15) is 15.9 Å². The molecule has 3 aromatic rings. The molecule has 0 amide bonds. The highest BCUT2D eigenvalue weighted by Gasteiger charge is 2.15. The molecule has 1 aromatic heterocycles. The van der Waals surface area contributed by atoms with Gasteiger partial charge in [-0.05, 0) is 35.4 Å². The number of carboxylic acids is 1. The Morgan fingerprint density at radius 3 is 2.33 bits per heavy atom. The molecule has 3 rings (SSSR count). The summed E-state index contributed by atoms with van der Waals surface area (Å²) in [7, 11) is 1.58. The van der Waals surface area contributed by atoms with Gasteiger partial charge in [-0.1, -0.05) is 24.3 Å². The van der Waals surface area contributed by atoms with Crippen molar-refractivity contribution >= 4 is 5.97 Å². The maximum atomic E-state index is 13.0. The summed E-state index contributed by atoms with van der Waals surface area (Å²) in [5.74, 6) is -0.573. The Morgan fingerprint density at radius 2 is 1.75 bits per heavy atom. The molecular weight excluding hydrogens is 309 g/mol. The highest BCUT2D eigenvalue weighted by molar-refractivity contribution is 5.96. The lowest BCUT2D eigenvalue weighted by molar-refractivity contribution is 0.0697. The maximum absolute atomic E-state index is 13.0. The van der Waals surface area contributed by atoms with E-state index in [4.69, 9.17) is 4.74 Å². The number of methoxy groups -OCH3 is 1. The van der Waals surface area contributed by atoms with Gasteiger partial charge in [-0.3, -0.25) is 0 Å². The third-order valence-corrected chi connectivity index (χ3v) is 3.79. The minimum absolute atomic E-state index is 0.224. The fraction of sp³-hybridized carbons (Fsp3) is 0.105. The number of ether oxygens (including phenoxy) is 1. The number of aromatic nitrogens is 1. The first-order valence-corrected chi connectivity index (χ1v) is 7.39. The Hall–Kier alpha value is -3.08. The average Bonchev–Trinajstić information content (AvgIpc) is 3.01. The second-order valence-corrected chi connectivity index (χ2v) is 5.42. The van der Waals surface area contributed by atoms with Gasteiger partial charge >= 0.3 is 5.97 Å². The quantitative estimate of drug-likeness (QED) is 0.770. The van der Waals surface area contributed by atoms with Gasteiger partial charge in [-0.2, -0.15) is 0 Å². The zero-order chi connectivity index (χ0) is 17.1. The first kappa shape index (κ1) is 15.8. The van der Waals surface area contributed by atoms with Crippen molar-refractivity contribution in [3.8, 4) is 16.9 Å². The molecule has 1 heterocycles. The molecule has 0 bridgehead atoms. The topological polar surface area (TPSA) is 51.5 Å². The minimum atomic E-state index is -0.987. The minimum Gasteiger partial charge on any atom is -0.497 e. The van der Waals surface area contributed by atoms with Gasteiger partial charge in [0.05, 0.1) is 12.7 Å². The molecule has 2 aromatic carbocycles. The molecule has 0 saturated carbocycles. The molecule has 0 aliphatic rings. The second kappa shape index (κ2) is 6.58. The molecule has 0 aliphatic carbocycles. The number of carbonyl (C=O) groups is 1. The molecule has 0 fully saturated rings. The lowest BCUT2D eigenvalue weighted by Crippen LogP contribution is -1.98. The van der Waals surface area contributed by atoms with E-state index in [9.17, 15) is 14.3 Å².